The lowest BCUT2D eigenvalue weighted by Gasteiger charge is -2.49. The molecule has 130 valence electrons. The largest absolute Gasteiger partial charge is 0.329 e. The zero-order valence-electron chi connectivity index (χ0n) is 14.7. The highest BCUT2D eigenvalue weighted by Gasteiger charge is 2.43. The van der Waals surface area contributed by atoms with E-state index in [1.54, 1.807) is 0 Å². The Morgan fingerprint density at radius 2 is 2.18 bits per heavy atom. The number of nitrogens with one attached hydrogen (secondary N) is 2. The van der Waals surface area contributed by atoms with Crippen LogP contribution in [0, 0.1) is 17.3 Å². The van der Waals surface area contributed by atoms with E-state index in [1.807, 2.05) is 0 Å². The van der Waals surface area contributed by atoms with E-state index in [9.17, 15) is 4.39 Å². The van der Waals surface area contributed by atoms with Crippen molar-refractivity contribution in [1.82, 2.24) is 10.6 Å². The molecule has 0 aromatic carbocycles. The molecule has 1 saturated carbocycles. The van der Waals surface area contributed by atoms with Crippen LogP contribution in [0.2, 0.25) is 0 Å². The molecular weight excluding hydrogens is 277 g/mol. The Labute approximate surface area is 136 Å². The van der Waals surface area contributed by atoms with Crippen LogP contribution in [-0.4, -0.2) is 37.9 Å². The van der Waals surface area contributed by atoms with Crippen molar-refractivity contribution in [1.29, 1.82) is 0 Å². The standard InChI is InChI=1S/C18H36FN3/c1-4-15(11-20)22-12-18(3)8-5-9-21-17(18)14-6-7-16(19)13(2)10-14/h13-17,21-22H,4-12,20H2,1-3H3. The number of nitrogens with two attached hydrogens (primary N) is 1. The van der Waals surface area contributed by atoms with Gasteiger partial charge in [-0.25, -0.2) is 4.39 Å². The van der Waals surface area contributed by atoms with Gasteiger partial charge in [-0.2, -0.15) is 0 Å². The third kappa shape index (κ3) is 4.21. The Morgan fingerprint density at radius 3 is 2.82 bits per heavy atom. The van der Waals surface area contributed by atoms with Crippen LogP contribution in [0.1, 0.15) is 59.3 Å². The monoisotopic (exact) mass is 313 g/mol. The Kier molecular flexibility index (Phi) is 6.66. The molecule has 1 aliphatic heterocycles. The Hall–Kier alpha value is -0.190. The van der Waals surface area contributed by atoms with Gasteiger partial charge in [0, 0.05) is 25.2 Å². The van der Waals surface area contributed by atoms with Gasteiger partial charge in [-0.1, -0.05) is 20.8 Å². The summed E-state index contributed by atoms with van der Waals surface area (Å²) >= 11 is 0. The minimum Gasteiger partial charge on any atom is -0.329 e. The lowest BCUT2D eigenvalue weighted by Crippen LogP contribution is -2.58. The summed E-state index contributed by atoms with van der Waals surface area (Å²) in [5.74, 6) is 0.833. The first-order valence-corrected chi connectivity index (χ1v) is 9.31. The van der Waals surface area contributed by atoms with Crippen molar-refractivity contribution in [2.45, 2.75) is 77.6 Å². The fourth-order valence-corrected chi connectivity index (χ4v) is 4.56. The van der Waals surface area contributed by atoms with Crippen LogP contribution in [0.15, 0.2) is 0 Å². The molecule has 3 nitrogen and oxygen atoms in total. The maximum atomic E-state index is 13.8. The topological polar surface area (TPSA) is 50.1 Å². The Balaban J connectivity index is 2.00. The van der Waals surface area contributed by atoms with Gasteiger partial charge < -0.3 is 16.4 Å². The van der Waals surface area contributed by atoms with Crippen LogP contribution >= 0.6 is 0 Å². The van der Waals surface area contributed by atoms with Gasteiger partial charge in [0.05, 0.1) is 0 Å². The van der Waals surface area contributed by atoms with Gasteiger partial charge in [0.1, 0.15) is 6.17 Å². The zero-order valence-corrected chi connectivity index (χ0v) is 14.7. The second kappa shape index (κ2) is 8.07. The number of halogens is 1. The highest BCUT2D eigenvalue weighted by Crippen LogP contribution is 2.41. The lowest BCUT2D eigenvalue weighted by molar-refractivity contribution is 0.0487. The number of piperidine rings is 1. The van der Waals surface area contributed by atoms with Gasteiger partial charge in [-0.05, 0) is 62.3 Å². The molecule has 4 heteroatoms. The predicted molar refractivity (Wildman–Crippen MR) is 91.7 cm³/mol. The van der Waals surface area contributed by atoms with E-state index in [-0.39, 0.29) is 11.3 Å². The van der Waals surface area contributed by atoms with E-state index in [4.69, 9.17) is 5.73 Å². The molecule has 0 aromatic rings. The quantitative estimate of drug-likeness (QED) is 0.707. The molecule has 1 heterocycles. The van der Waals surface area contributed by atoms with Crippen molar-refractivity contribution in [3.05, 3.63) is 0 Å². The molecule has 0 spiro atoms. The van der Waals surface area contributed by atoms with Gasteiger partial charge in [-0.3, -0.25) is 0 Å². The molecule has 2 fully saturated rings. The zero-order chi connectivity index (χ0) is 16.2. The number of alkyl halides is 1. The normalized spacial score (nSPS) is 41.3. The van der Waals surface area contributed by atoms with Crippen molar-refractivity contribution in [3.63, 3.8) is 0 Å². The first-order chi connectivity index (χ1) is 10.5. The van der Waals surface area contributed by atoms with Crippen LogP contribution in [0.4, 0.5) is 4.39 Å². The van der Waals surface area contributed by atoms with Gasteiger partial charge in [-0.15, -0.1) is 0 Å². The van der Waals surface area contributed by atoms with E-state index in [2.05, 4.69) is 31.4 Å². The summed E-state index contributed by atoms with van der Waals surface area (Å²) in [6.07, 6.45) is 5.79. The summed E-state index contributed by atoms with van der Waals surface area (Å²) in [7, 11) is 0. The molecule has 22 heavy (non-hydrogen) atoms. The molecule has 2 rings (SSSR count). The first-order valence-electron chi connectivity index (χ1n) is 9.31. The maximum absolute atomic E-state index is 13.8. The number of hydrogen-bond donors (Lipinski definition) is 3. The third-order valence-corrected chi connectivity index (χ3v) is 6.19. The second-order valence-electron chi connectivity index (χ2n) is 7.98. The molecule has 2 aliphatic rings. The summed E-state index contributed by atoms with van der Waals surface area (Å²) < 4.78 is 13.8. The molecule has 0 bridgehead atoms. The van der Waals surface area contributed by atoms with Gasteiger partial charge >= 0.3 is 0 Å². The fraction of sp³-hybridized carbons (Fsp3) is 1.00. The van der Waals surface area contributed by atoms with Gasteiger partial charge in [0.2, 0.25) is 0 Å². The minimum atomic E-state index is -0.592. The van der Waals surface area contributed by atoms with Crippen molar-refractivity contribution in [2.24, 2.45) is 23.0 Å². The maximum Gasteiger partial charge on any atom is 0.103 e. The Morgan fingerprint density at radius 1 is 1.41 bits per heavy atom. The van der Waals surface area contributed by atoms with Crippen LogP contribution in [0.5, 0.6) is 0 Å². The van der Waals surface area contributed by atoms with Crippen molar-refractivity contribution < 1.29 is 4.39 Å². The highest BCUT2D eigenvalue weighted by molar-refractivity contribution is 4.99. The average Bonchev–Trinajstić information content (AvgIpc) is 2.51. The van der Waals surface area contributed by atoms with Crippen molar-refractivity contribution >= 4 is 0 Å². The van der Waals surface area contributed by atoms with Gasteiger partial charge in [0.15, 0.2) is 0 Å². The van der Waals surface area contributed by atoms with E-state index in [0.717, 1.165) is 38.8 Å². The third-order valence-electron chi connectivity index (χ3n) is 6.19. The van der Waals surface area contributed by atoms with E-state index in [1.165, 1.54) is 12.8 Å². The smallest absolute Gasteiger partial charge is 0.103 e. The number of hydrogen-bond acceptors (Lipinski definition) is 3. The Bertz CT molecular complexity index is 334. The summed E-state index contributed by atoms with van der Waals surface area (Å²) in [5.41, 5.74) is 6.09. The fourth-order valence-electron chi connectivity index (χ4n) is 4.56. The van der Waals surface area contributed by atoms with Crippen LogP contribution in [-0.2, 0) is 0 Å². The van der Waals surface area contributed by atoms with Crippen LogP contribution < -0.4 is 16.4 Å². The molecule has 0 radical (unpaired) electrons. The molecule has 0 aromatic heterocycles. The predicted octanol–water partition coefficient (Wildman–Crippen LogP) is 2.85. The summed E-state index contributed by atoms with van der Waals surface area (Å²) in [6.45, 7) is 9.51. The average molecular weight is 314 g/mol. The molecule has 1 saturated heterocycles. The minimum absolute atomic E-state index is 0.215. The highest BCUT2D eigenvalue weighted by atomic mass is 19.1. The lowest BCUT2D eigenvalue weighted by atomic mass is 9.65. The van der Waals surface area contributed by atoms with Crippen molar-refractivity contribution in [3.8, 4) is 0 Å². The van der Waals surface area contributed by atoms with Gasteiger partial charge in [0.25, 0.3) is 0 Å². The second-order valence-corrected chi connectivity index (χ2v) is 7.98. The summed E-state index contributed by atoms with van der Waals surface area (Å²) in [5, 5.41) is 7.46. The van der Waals surface area contributed by atoms with E-state index >= 15 is 0 Å². The number of rotatable bonds is 6. The molecule has 6 atom stereocenters. The van der Waals surface area contributed by atoms with Crippen LogP contribution in [0.3, 0.4) is 0 Å². The summed E-state index contributed by atoms with van der Waals surface area (Å²) in [4.78, 5) is 0. The first kappa shape index (κ1) is 18.2. The molecule has 0 amide bonds. The molecule has 4 N–H and O–H groups in total. The SMILES string of the molecule is CCC(CN)NCC1(C)CCCNC1C1CCC(F)C(C)C1. The van der Waals surface area contributed by atoms with Crippen molar-refractivity contribution in [2.75, 3.05) is 19.6 Å². The van der Waals surface area contributed by atoms with E-state index in [0.29, 0.717) is 24.5 Å². The molecule has 1 aliphatic carbocycles. The molecule has 6 unspecified atom stereocenters. The summed E-state index contributed by atoms with van der Waals surface area (Å²) in [6, 6.07) is 0.930. The molecular formula is C18H36FN3. The van der Waals surface area contributed by atoms with E-state index < -0.39 is 6.17 Å². The van der Waals surface area contributed by atoms with Crippen LogP contribution in [0.25, 0.3) is 0 Å².